The van der Waals surface area contributed by atoms with Crippen molar-refractivity contribution in [2.75, 3.05) is 42.7 Å². The highest BCUT2D eigenvalue weighted by atomic mass is 16.5. The zero-order valence-corrected chi connectivity index (χ0v) is 22.7. The summed E-state index contributed by atoms with van der Waals surface area (Å²) in [6.07, 6.45) is 0.823. The van der Waals surface area contributed by atoms with E-state index in [0.717, 1.165) is 11.3 Å². The number of allylic oxidation sites excluding steroid dienone is 3. The summed E-state index contributed by atoms with van der Waals surface area (Å²) in [5.74, 6) is 1.05. The van der Waals surface area contributed by atoms with Gasteiger partial charge in [-0.3, -0.25) is 4.79 Å². The summed E-state index contributed by atoms with van der Waals surface area (Å²) in [5.41, 5.74) is 3.79. The molecule has 0 aromatic heterocycles. The molecule has 4 rings (SSSR count). The van der Waals surface area contributed by atoms with Crippen LogP contribution in [0.2, 0.25) is 0 Å². The predicted octanol–water partition coefficient (Wildman–Crippen LogP) is 4.26. The van der Waals surface area contributed by atoms with Gasteiger partial charge in [0.25, 0.3) is 0 Å². The van der Waals surface area contributed by atoms with E-state index in [1.165, 1.54) is 28.4 Å². The fourth-order valence-electron chi connectivity index (χ4n) is 5.42. The topological polar surface area (TPSA) is 102 Å². The summed E-state index contributed by atoms with van der Waals surface area (Å²) in [6.45, 7) is 1.81. The first-order valence-corrected chi connectivity index (χ1v) is 12.2. The van der Waals surface area contributed by atoms with Gasteiger partial charge in [-0.25, -0.2) is 4.79 Å². The third-order valence-corrected chi connectivity index (χ3v) is 7.16. The van der Waals surface area contributed by atoms with Crippen LogP contribution >= 0.6 is 0 Å². The number of carbonyl (C=O) groups is 2. The van der Waals surface area contributed by atoms with Crippen molar-refractivity contribution in [2.24, 2.45) is 0 Å². The lowest BCUT2D eigenvalue weighted by Gasteiger charge is -2.37. The Morgan fingerprint density at radius 3 is 2.08 bits per heavy atom. The summed E-state index contributed by atoms with van der Waals surface area (Å²) >= 11 is 0. The Labute approximate surface area is 222 Å². The second-order valence-electron chi connectivity index (χ2n) is 9.05. The molecule has 0 bridgehead atoms. The maximum atomic E-state index is 13.9. The largest absolute Gasteiger partial charge is 0.493 e. The van der Waals surface area contributed by atoms with Gasteiger partial charge in [-0.1, -0.05) is 12.1 Å². The number of Topliss-reactive ketones (excluding diaryl/α,β-unsaturated/α-hetero) is 1. The van der Waals surface area contributed by atoms with Crippen LogP contribution in [0.15, 0.2) is 52.9 Å². The van der Waals surface area contributed by atoms with Crippen LogP contribution in [0.4, 0.5) is 0 Å². The zero-order chi connectivity index (χ0) is 27.6. The molecule has 2 atom stereocenters. The third-order valence-electron chi connectivity index (χ3n) is 7.16. The molecule has 9 nitrogen and oxygen atoms in total. The molecular formula is C29H33NO8. The minimum Gasteiger partial charge on any atom is -0.493 e. The second kappa shape index (κ2) is 11.1. The maximum absolute atomic E-state index is 13.9. The van der Waals surface area contributed by atoms with E-state index < -0.39 is 11.9 Å². The lowest BCUT2D eigenvalue weighted by Crippen LogP contribution is -2.36. The van der Waals surface area contributed by atoms with Crippen LogP contribution in [-0.2, 0) is 14.3 Å². The Kier molecular flexibility index (Phi) is 7.85. The van der Waals surface area contributed by atoms with Crippen molar-refractivity contribution in [3.8, 4) is 28.7 Å². The molecule has 1 N–H and O–H groups in total. The van der Waals surface area contributed by atoms with E-state index in [9.17, 15) is 9.59 Å². The van der Waals surface area contributed by atoms with E-state index in [1.54, 1.807) is 33.3 Å². The van der Waals surface area contributed by atoms with Crippen LogP contribution in [0.3, 0.4) is 0 Å². The summed E-state index contributed by atoms with van der Waals surface area (Å²) < 4.78 is 32.8. The molecule has 0 spiro atoms. The van der Waals surface area contributed by atoms with Gasteiger partial charge in [0.15, 0.2) is 28.8 Å². The number of nitrogens with one attached hydrogen (secondary N) is 1. The average molecular weight is 524 g/mol. The normalized spacial score (nSPS) is 18.9. The second-order valence-corrected chi connectivity index (χ2v) is 9.05. The fourth-order valence-corrected chi connectivity index (χ4v) is 5.42. The number of hydrogen-bond acceptors (Lipinski definition) is 9. The molecule has 1 aliphatic heterocycles. The fraction of sp³-hybridized carbons (Fsp3) is 0.379. The van der Waals surface area contributed by atoms with Gasteiger partial charge in [0.05, 0.1) is 54.1 Å². The zero-order valence-electron chi connectivity index (χ0n) is 22.7. The van der Waals surface area contributed by atoms with Gasteiger partial charge in [-0.2, -0.15) is 0 Å². The number of hydrogen-bond donors (Lipinski definition) is 1. The van der Waals surface area contributed by atoms with Gasteiger partial charge in [0.1, 0.15) is 0 Å². The minimum absolute atomic E-state index is 0.0747. The SMILES string of the molecule is COC(=O)C1=C(C)NC2=C(C(=O)C[C@@H](c3ccc(OC)c(OC)c3)C2)[C@H]1c1ccc(OC)c(OC)c1OC. The molecular weight excluding hydrogens is 490 g/mol. The molecule has 0 unspecified atom stereocenters. The molecule has 0 fully saturated rings. The molecule has 0 amide bonds. The quantitative estimate of drug-likeness (QED) is 0.509. The minimum atomic E-state index is -0.715. The molecule has 1 aliphatic carbocycles. The Morgan fingerprint density at radius 2 is 1.47 bits per heavy atom. The smallest absolute Gasteiger partial charge is 0.336 e. The van der Waals surface area contributed by atoms with Gasteiger partial charge >= 0.3 is 5.97 Å². The number of methoxy groups -OCH3 is 6. The van der Waals surface area contributed by atoms with E-state index in [-0.39, 0.29) is 18.1 Å². The number of dihydropyridines is 1. The van der Waals surface area contributed by atoms with E-state index in [4.69, 9.17) is 28.4 Å². The van der Waals surface area contributed by atoms with Crippen molar-refractivity contribution in [1.29, 1.82) is 0 Å². The van der Waals surface area contributed by atoms with Gasteiger partial charge < -0.3 is 33.7 Å². The number of ketones is 1. The number of esters is 1. The Balaban J connectivity index is 1.87. The number of rotatable bonds is 8. The van der Waals surface area contributed by atoms with Crippen LogP contribution in [-0.4, -0.2) is 54.4 Å². The lowest BCUT2D eigenvalue weighted by atomic mass is 9.71. The Hall–Kier alpha value is -4.14. The number of benzene rings is 2. The molecule has 0 radical (unpaired) electrons. The average Bonchev–Trinajstić information content (AvgIpc) is 2.94. The third kappa shape index (κ3) is 4.53. The molecule has 202 valence electrons. The Bertz CT molecular complexity index is 1330. The van der Waals surface area contributed by atoms with Crippen LogP contribution in [0.5, 0.6) is 28.7 Å². The monoisotopic (exact) mass is 523 g/mol. The molecule has 2 aliphatic rings. The van der Waals surface area contributed by atoms with Gasteiger partial charge in [-0.05, 0) is 43.0 Å². The first-order valence-electron chi connectivity index (χ1n) is 12.2. The van der Waals surface area contributed by atoms with Crippen molar-refractivity contribution in [2.45, 2.75) is 31.6 Å². The van der Waals surface area contributed by atoms with Crippen LogP contribution in [0, 0.1) is 0 Å². The van der Waals surface area contributed by atoms with Crippen molar-refractivity contribution in [3.05, 3.63) is 64.0 Å². The van der Waals surface area contributed by atoms with Gasteiger partial charge in [0.2, 0.25) is 5.75 Å². The van der Waals surface area contributed by atoms with Gasteiger partial charge in [0, 0.05) is 29.0 Å². The number of carbonyl (C=O) groups excluding carboxylic acids is 2. The lowest BCUT2D eigenvalue weighted by molar-refractivity contribution is -0.136. The van der Waals surface area contributed by atoms with Crippen LogP contribution < -0.4 is 29.0 Å². The Morgan fingerprint density at radius 1 is 0.816 bits per heavy atom. The highest BCUT2D eigenvalue weighted by molar-refractivity contribution is 6.04. The molecule has 38 heavy (non-hydrogen) atoms. The highest BCUT2D eigenvalue weighted by Gasteiger charge is 2.43. The molecule has 0 saturated heterocycles. The predicted molar refractivity (Wildman–Crippen MR) is 140 cm³/mol. The molecule has 9 heteroatoms. The first-order chi connectivity index (χ1) is 18.3. The molecule has 1 heterocycles. The summed E-state index contributed by atoms with van der Waals surface area (Å²) in [6, 6.07) is 9.23. The van der Waals surface area contributed by atoms with Crippen LogP contribution in [0.25, 0.3) is 0 Å². The first kappa shape index (κ1) is 26.9. The van der Waals surface area contributed by atoms with Crippen molar-refractivity contribution >= 4 is 11.8 Å². The molecule has 2 aromatic carbocycles. The van der Waals surface area contributed by atoms with E-state index in [0.29, 0.717) is 57.6 Å². The number of ether oxygens (including phenoxy) is 6. The van der Waals surface area contributed by atoms with Gasteiger partial charge in [-0.15, -0.1) is 0 Å². The summed E-state index contributed by atoms with van der Waals surface area (Å²) in [4.78, 5) is 26.9. The summed E-state index contributed by atoms with van der Waals surface area (Å²) in [7, 11) is 9.05. The summed E-state index contributed by atoms with van der Waals surface area (Å²) in [5, 5.41) is 3.34. The van der Waals surface area contributed by atoms with Crippen molar-refractivity contribution in [1.82, 2.24) is 5.32 Å². The standard InChI is InChI=1S/C29H33NO8/c1-15-24(29(32)38-7)25(18-9-11-22(34-3)28(37-6)27(18)36-5)26-19(30-15)12-17(13-20(26)31)16-8-10-21(33-2)23(14-16)35-4/h8-11,14,17,25,30H,12-13H2,1-7H3/t17-,25-/m0/s1. The van der Waals surface area contributed by atoms with E-state index in [2.05, 4.69) is 5.32 Å². The van der Waals surface area contributed by atoms with Crippen molar-refractivity contribution < 1.29 is 38.0 Å². The van der Waals surface area contributed by atoms with Crippen LogP contribution in [0.1, 0.15) is 42.7 Å². The maximum Gasteiger partial charge on any atom is 0.336 e. The van der Waals surface area contributed by atoms with E-state index >= 15 is 0 Å². The molecule has 2 aromatic rings. The molecule has 0 saturated carbocycles. The highest BCUT2D eigenvalue weighted by Crippen LogP contribution is 2.51. The van der Waals surface area contributed by atoms with E-state index in [1.807, 2.05) is 18.2 Å². The van der Waals surface area contributed by atoms with Crippen molar-refractivity contribution in [3.63, 3.8) is 0 Å².